The molecule has 1 aliphatic heterocycles. The molecule has 1 heterocycles. The first-order valence-electron chi connectivity index (χ1n) is 4.59. The highest BCUT2D eigenvalue weighted by Gasteiger charge is 2.16. The van der Waals surface area contributed by atoms with Gasteiger partial charge in [0.2, 0.25) is 0 Å². The summed E-state index contributed by atoms with van der Waals surface area (Å²) in [5, 5.41) is 0. The van der Waals surface area contributed by atoms with Crippen molar-refractivity contribution >= 4 is 12.8 Å². The van der Waals surface area contributed by atoms with Gasteiger partial charge < -0.3 is 4.74 Å². The molecule has 0 saturated carbocycles. The van der Waals surface area contributed by atoms with Crippen molar-refractivity contribution in [1.82, 2.24) is 4.31 Å². The molecule has 1 aromatic rings. The molecule has 0 aliphatic carbocycles. The van der Waals surface area contributed by atoms with E-state index >= 15 is 0 Å². The zero-order valence-electron chi connectivity index (χ0n) is 7.94. The minimum absolute atomic E-state index is 0.546. The van der Waals surface area contributed by atoms with E-state index in [1.54, 1.807) is 0 Å². The van der Waals surface area contributed by atoms with Gasteiger partial charge in [0, 0.05) is 12.1 Å². The maximum atomic E-state index is 5.62. The van der Waals surface area contributed by atoms with Gasteiger partial charge in [-0.15, -0.1) is 6.58 Å². The van der Waals surface area contributed by atoms with Gasteiger partial charge in [0.15, 0.2) is 6.73 Å². The summed E-state index contributed by atoms with van der Waals surface area (Å²) in [5.74, 6) is 1.01. The largest absolute Gasteiger partial charge is 0.477 e. The van der Waals surface area contributed by atoms with Crippen LogP contribution in [-0.2, 0) is 13.0 Å². The molecule has 0 aromatic heterocycles. The van der Waals surface area contributed by atoms with Gasteiger partial charge in [0.05, 0.1) is 0 Å². The number of benzene rings is 1. The fraction of sp³-hybridized carbons (Fsp3) is 0.273. The third-order valence-corrected chi connectivity index (χ3v) is 2.51. The highest BCUT2D eigenvalue weighted by molar-refractivity contribution is 7.77. The lowest BCUT2D eigenvalue weighted by Crippen LogP contribution is -2.24. The summed E-state index contributed by atoms with van der Waals surface area (Å²) >= 11 is 4.26. The molecule has 0 saturated heterocycles. The molecule has 0 atom stereocenters. The van der Waals surface area contributed by atoms with E-state index < -0.39 is 0 Å². The van der Waals surface area contributed by atoms with Crippen molar-refractivity contribution in [3.8, 4) is 5.75 Å². The number of rotatable bonds is 2. The zero-order chi connectivity index (χ0) is 9.97. The third kappa shape index (κ3) is 1.79. The SMILES string of the molecule is C=CCc1cccc2c1OCN(S)C2. The first kappa shape index (κ1) is 9.62. The number of fused-ring (bicyclic) bond motifs is 1. The molecule has 3 heteroatoms. The van der Waals surface area contributed by atoms with Crippen LogP contribution >= 0.6 is 12.8 Å². The normalized spacial score (nSPS) is 15.8. The van der Waals surface area contributed by atoms with Crippen LogP contribution in [0.3, 0.4) is 0 Å². The molecule has 1 aliphatic rings. The Labute approximate surface area is 89.7 Å². The van der Waals surface area contributed by atoms with E-state index in [2.05, 4.69) is 31.5 Å². The highest BCUT2D eigenvalue weighted by Crippen LogP contribution is 2.29. The Morgan fingerprint density at radius 2 is 2.43 bits per heavy atom. The Balaban J connectivity index is 2.36. The zero-order valence-corrected chi connectivity index (χ0v) is 8.83. The lowest BCUT2D eigenvalue weighted by Gasteiger charge is -2.26. The number of nitrogens with zero attached hydrogens (tertiary/aromatic N) is 1. The van der Waals surface area contributed by atoms with E-state index in [0.717, 1.165) is 18.7 Å². The summed E-state index contributed by atoms with van der Waals surface area (Å²) in [5.41, 5.74) is 2.41. The number of hydrogen-bond acceptors (Lipinski definition) is 3. The van der Waals surface area contributed by atoms with E-state index in [9.17, 15) is 0 Å². The standard InChI is InChI=1S/C11H13NOS/c1-2-4-9-5-3-6-10-7-12(14)8-13-11(9)10/h2-3,5-6,14H,1,4,7-8H2. The Bertz CT molecular complexity index is 351. The maximum absolute atomic E-state index is 5.62. The van der Waals surface area contributed by atoms with Crippen LogP contribution in [-0.4, -0.2) is 11.0 Å². The number of allylic oxidation sites excluding steroid dienone is 1. The average molecular weight is 207 g/mol. The summed E-state index contributed by atoms with van der Waals surface area (Å²) in [4.78, 5) is 0. The second-order valence-electron chi connectivity index (χ2n) is 3.34. The topological polar surface area (TPSA) is 12.5 Å². The molecule has 74 valence electrons. The molecule has 14 heavy (non-hydrogen) atoms. The van der Waals surface area contributed by atoms with E-state index in [1.165, 1.54) is 11.1 Å². The quantitative estimate of drug-likeness (QED) is 0.590. The van der Waals surface area contributed by atoms with Crippen molar-refractivity contribution in [3.05, 3.63) is 42.0 Å². The fourth-order valence-corrected chi connectivity index (χ4v) is 1.86. The molecular weight excluding hydrogens is 194 g/mol. The van der Waals surface area contributed by atoms with Crippen LogP contribution in [0.25, 0.3) is 0 Å². The van der Waals surface area contributed by atoms with Crippen molar-refractivity contribution in [2.45, 2.75) is 13.0 Å². The lowest BCUT2D eigenvalue weighted by atomic mass is 10.1. The summed E-state index contributed by atoms with van der Waals surface area (Å²) in [6, 6.07) is 6.20. The van der Waals surface area contributed by atoms with Crippen molar-refractivity contribution in [1.29, 1.82) is 0 Å². The second-order valence-corrected chi connectivity index (χ2v) is 3.90. The van der Waals surface area contributed by atoms with Crippen molar-refractivity contribution in [2.75, 3.05) is 6.73 Å². The monoisotopic (exact) mass is 207 g/mol. The van der Waals surface area contributed by atoms with E-state index in [4.69, 9.17) is 4.74 Å². The molecule has 0 amide bonds. The average Bonchev–Trinajstić information content (AvgIpc) is 2.18. The molecule has 2 rings (SSSR count). The van der Waals surface area contributed by atoms with Gasteiger partial charge in [-0.25, -0.2) is 4.31 Å². The molecule has 0 radical (unpaired) electrons. The Hall–Kier alpha value is -0.930. The molecule has 1 aromatic carbocycles. The maximum Gasteiger partial charge on any atom is 0.151 e. The minimum atomic E-state index is 0.546. The lowest BCUT2D eigenvalue weighted by molar-refractivity contribution is 0.181. The van der Waals surface area contributed by atoms with Crippen LogP contribution in [0.5, 0.6) is 5.75 Å². The third-order valence-electron chi connectivity index (χ3n) is 2.25. The predicted molar refractivity (Wildman–Crippen MR) is 60.4 cm³/mol. The van der Waals surface area contributed by atoms with Crippen LogP contribution in [0.4, 0.5) is 0 Å². The van der Waals surface area contributed by atoms with Gasteiger partial charge in [-0.2, -0.15) is 0 Å². The predicted octanol–water partition coefficient (Wildman–Crippen LogP) is 2.41. The van der Waals surface area contributed by atoms with E-state index in [-0.39, 0.29) is 0 Å². The molecule has 0 fully saturated rings. The molecular formula is C11H13NOS. The van der Waals surface area contributed by atoms with Gasteiger partial charge in [-0.1, -0.05) is 37.1 Å². The van der Waals surface area contributed by atoms with Gasteiger partial charge in [0.25, 0.3) is 0 Å². The Kier molecular flexibility index (Phi) is 2.79. The van der Waals surface area contributed by atoms with Crippen molar-refractivity contribution in [3.63, 3.8) is 0 Å². The number of para-hydroxylation sites is 1. The Morgan fingerprint density at radius 3 is 3.21 bits per heavy atom. The van der Waals surface area contributed by atoms with Crippen molar-refractivity contribution in [2.24, 2.45) is 0 Å². The summed E-state index contributed by atoms with van der Waals surface area (Å²) in [6.07, 6.45) is 2.75. The number of thiol groups is 1. The van der Waals surface area contributed by atoms with Crippen LogP contribution < -0.4 is 4.74 Å². The molecule has 2 nitrogen and oxygen atoms in total. The van der Waals surface area contributed by atoms with Crippen molar-refractivity contribution < 1.29 is 4.74 Å². The molecule has 0 spiro atoms. The van der Waals surface area contributed by atoms with E-state index in [0.29, 0.717) is 6.73 Å². The van der Waals surface area contributed by atoms with Gasteiger partial charge in [0.1, 0.15) is 5.75 Å². The van der Waals surface area contributed by atoms with Gasteiger partial charge >= 0.3 is 0 Å². The Morgan fingerprint density at radius 1 is 1.57 bits per heavy atom. The number of ether oxygens (including phenoxy) is 1. The fourth-order valence-electron chi connectivity index (χ4n) is 1.65. The first-order valence-corrected chi connectivity index (χ1v) is 4.99. The smallest absolute Gasteiger partial charge is 0.151 e. The molecule has 0 bridgehead atoms. The molecule has 0 N–H and O–H groups in total. The summed E-state index contributed by atoms with van der Waals surface area (Å²) in [7, 11) is 0. The van der Waals surface area contributed by atoms with Crippen LogP contribution in [0.15, 0.2) is 30.9 Å². The summed E-state index contributed by atoms with van der Waals surface area (Å²) in [6.45, 7) is 5.12. The van der Waals surface area contributed by atoms with E-state index in [1.807, 2.05) is 16.4 Å². The molecule has 0 unspecified atom stereocenters. The van der Waals surface area contributed by atoms with Crippen LogP contribution in [0.2, 0.25) is 0 Å². The highest BCUT2D eigenvalue weighted by atomic mass is 32.1. The van der Waals surface area contributed by atoms with Gasteiger partial charge in [-0.05, 0) is 12.0 Å². The summed E-state index contributed by atoms with van der Waals surface area (Å²) < 4.78 is 7.47. The first-order chi connectivity index (χ1) is 6.81. The van der Waals surface area contributed by atoms with Crippen LogP contribution in [0, 0.1) is 0 Å². The number of hydrogen-bond donors (Lipinski definition) is 1. The van der Waals surface area contributed by atoms with Crippen LogP contribution in [0.1, 0.15) is 11.1 Å². The second kappa shape index (κ2) is 4.07. The minimum Gasteiger partial charge on any atom is -0.477 e. The van der Waals surface area contributed by atoms with Gasteiger partial charge in [-0.3, -0.25) is 0 Å².